The Morgan fingerprint density at radius 3 is 2.67 bits per heavy atom. The third-order valence-corrected chi connectivity index (χ3v) is 6.32. The summed E-state index contributed by atoms with van der Waals surface area (Å²) in [5.41, 5.74) is 3.65. The van der Waals surface area contributed by atoms with Crippen molar-refractivity contribution in [2.75, 3.05) is 25.6 Å². The fourth-order valence-electron chi connectivity index (χ4n) is 3.43. The fraction of sp³-hybridized carbons (Fsp3) is 0.400. The molecule has 0 unspecified atom stereocenters. The van der Waals surface area contributed by atoms with Crippen LogP contribution in [0, 0.1) is 5.82 Å². The Morgan fingerprint density at radius 2 is 1.97 bits per heavy atom. The van der Waals surface area contributed by atoms with E-state index in [1.807, 2.05) is 6.92 Å². The van der Waals surface area contributed by atoms with Gasteiger partial charge in [0.25, 0.3) is 5.91 Å². The van der Waals surface area contributed by atoms with Gasteiger partial charge in [0.2, 0.25) is 5.43 Å². The zero-order valence-corrected chi connectivity index (χ0v) is 21.2. The molecule has 0 aliphatic carbocycles. The lowest BCUT2D eigenvalue weighted by Crippen LogP contribution is -2.33. The van der Waals surface area contributed by atoms with Gasteiger partial charge in [-0.05, 0) is 37.0 Å². The van der Waals surface area contributed by atoms with E-state index in [2.05, 4.69) is 20.9 Å². The lowest BCUT2D eigenvalue weighted by atomic mass is 10.2. The number of unbranched alkanes of at least 4 members (excludes halogenated alkanes) is 3. The van der Waals surface area contributed by atoms with E-state index in [-0.39, 0.29) is 29.4 Å². The molecule has 2 N–H and O–H groups in total. The normalized spacial score (nSPS) is 10.8. The van der Waals surface area contributed by atoms with Crippen molar-refractivity contribution < 1.29 is 18.7 Å². The van der Waals surface area contributed by atoms with Crippen molar-refractivity contribution >= 4 is 23.5 Å². The van der Waals surface area contributed by atoms with E-state index in [0.717, 1.165) is 24.7 Å². The Hall–Kier alpha value is -3.60. The highest BCUT2D eigenvalue weighted by Crippen LogP contribution is 2.26. The molecule has 0 saturated carbocycles. The number of benzene rings is 1. The number of ether oxygens (including phenoxy) is 1. The number of pyridine rings is 1. The fourth-order valence-corrected chi connectivity index (χ4v) is 4.31. The van der Waals surface area contributed by atoms with Crippen LogP contribution in [-0.2, 0) is 11.2 Å². The molecule has 9 nitrogen and oxygen atoms in total. The van der Waals surface area contributed by atoms with Crippen LogP contribution in [0.4, 0.5) is 4.39 Å². The highest BCUT2D eigenvalue weighted by molar-refractivity contribution is 7.14. The van der Waals surface area contributed by atoms with E-state index < -0.39 is 11.3 Å². The van der Waals surface area contributed by atoms with Gasteiger partial charge in [-0.2, -0.15) is 0 Å². The number of nitrogens with one attached hydrogen (secondary N) is 2. The first kappa shape index (κ1) is 27.0. The molecule has 11 heteroatoms. The highest BCUT2D eigenvalue weighted by atomic mass is 32.1. The Balaban J connectivity index is 1.92. The van der Waals surface area contributed by atoms with Crippen molar-refractivity contribution in [2.45, 2.75) is 45.4 Å². The van der Waals surface area contributed by atoms with Gasteiger partial charge >= 0.3 is 0 Å². The second kappa shape index (κ2) is 13.5. The third kappa shape index (κ3) is 6.97. The number of nitrogens with zero attached hydrogens (tertiary/aromatic N) is 3. The number of aldehydes is 1. The average Bonchev–Trinajstić information content (AvgIpc) is 3.34. The second-order valence-electron chi connectivity index (χ2n) is 8.07. The molecular weight excluding hydrogens is 485 g/mol. The van der Waals surface area contributed by atoms with Crippen molar-refractivity contribution in [3.8, 4) is 16.3 Å². The minimum absolute atomic E-state index is 0.0593. The predicted octanol–water partition coefficient (Wildman–Crippen LogP) is 3.55. The van der Waals surface area contributed by atoms with Crippen LogP contribution in [0.2, 0.25) is 0 Å². The summed E-state index contributed by atoms with van der Waals surface area (Å²) >= 11 is 1.25. The molecule has 0 saturated heterocycles. The van der Waals surface area contributed by atoms with Crippen LogP contribution in [-0.4, -0.2) is 47.3 Å². The molecule has 0 radical (unpaired) electrons. The highest BCUT2D eigenvalue weighted by Gasteiger charge is 2.25. The molecule has 3 rings (SSSR count). The van der Waals surface area contributed by atoms with E-state index in [0.29, 0.717) is 42.2 Å². The third-order valence-electron chi connectivity index (χ3n) is 5.37. The molecular formula is C25H30FN5O4S. The summed E-state index contributed by atoms with van der Waals surface area (Å²) in [6.45, 7) is 2.65. The van der Waals surface area contributed by atoms with E-state index >= 15 is 0 Å². The smallest absolute Gasteiger partial charge is 0.273 e. The largest absolute Gasteiger partial charge is 0.487 e. The van der Waals surface area contributed by atoms with Crippen LogP contribution in [0.1, 0.15) is 60.1 Å². The number of hydrogen-bond donors (Lipinski definition) is 2. The summed E-state index contributed by atoms with van der Waals surface area (Å²) < 4.78 is 20.5. The lowest BCUT2D eigenvalue weighted by Gasteiger charge is -2.18. The first-order valence-electron chi connectivity index (χ1n) is 11.9. The molecule has 0 bridgehead atoms. The SMILES string of the molecule is CCCCOc1c(C(=O)NCCCCC=O)n(NC)cc(-c2nnc(Cc3ccc(F)cc3)s2)c1=O. The number of carbonyl (C=O) groups excluding carboxylic acids is 2. The lowest BCUT2D eigenvalue weighted by molar-refractivity contribution is -0.107. The van der Waals surface area contributed by atoms with E-state index in [1.165, 1.54) is 34.3 Å². The van der Waals surface area contributed by atoms with Gasteiger partial charge in [0.15, 0.2) is 16.5 Å². The van der Waals surface area contributed by atoms with Gasteiger partial charge in [0.05, 0.1) is 12.2 Å². The van der Waals surface area contributed by atoms with Gasteiger partial charge in [-0.1, -0.05) is 36.8 Å². The molecule has 0 aliphatic rings. The monoisotopic (exact) mass is 515 g/mol. The Morgan fingerprint density at radius 1 is 1.19 bits per heavy atom. The summed E-state index contributed by atoms with van der Waals surface area (Å²) in [6, 6.07) is 6.12. The number of halogens is 1. The molecule has 0 atom stereocenters. The maximum absolute atomic E-state index is 13.5. The van der Waals surface area contributed by atoms with Crippen LogP contribution in [0.3, 0.4) is 0 Å². The van der Waals surface area contributed by atoms with Crippen LogP contribution >= 0.6 is 11.3 Å². The zero-order chi connectivity index (χ0) is 25.9. The van der Waals surface area contributed by atoms with Gasteiger partial charge in [-0.25, -0.2) is 4.39 Å². The Kier molecular flexibility index (Phi) is 10.1. The van der Waals surface area contributed by atoms with E-state index in [4.69, 9.17) is 4.74 Å². The summed E-state index contributed by atoms with van der Waals surface area (Å²) in [4.78, 5) is 37.0. The summed E-state index contributed by atoms with van der Waals surface area (Å²) in [5, 5.41) is 12.2. The summed E-state index contributed by atoms with van der Waals surface area (Å²) in [5.74, 6) is -0.833. The van der Waals surface area contributed by atoms with Crippen molar-refractivity contribution in [1.29, 1.82) is 0 Å². The quantitative estimate of drug-likeness (QED) is 0.249. The summed E-state index contributed by atoms with van der Waals surface area (Å²) in [7, 11) is 1.63. The zero-order valence-electron chi connectivity index (χ0n) is 20.4. The molecule has 192 valence electrons. The first-order chi connectivity index (χ1) is 17.5. The van der Waals surface area contributed by atoms with Gasteiger partial charge < -0.3 is 20.3 Å². The van der Waals surface area contributed by atoms with E-state index in [1.54, 1.807) is 19.2 Å². The molecule has 0 fully saturated rings. The van der Waals surface area contributed by atoms with Crippen molar-refractivity contribution in [1.82, 2.24) is 20.2 Å². The molecule has 36 heavy (non-hydrogen) atoms. The molecule has 2 heterocycles. The Labute approximate surface area is 212 Å². The van der Waals surface area contributed by atoms with Gasteiger partial charge in [0, 0.05) is 32.6 Å². The van der Waals surface area contributed by atoms with Crippen molar-refractivity contribution in [3.63, 3.8) is 0 Å². The number of hydrogen-bond acceptors (Lipinski definition) is 8. The van der Waals surface area contributed by atoms with Crippen LogP contribution < -0.4 is 20.9 Å². The van der Waals surface area contributed by atoms with Crippen LogP contribution in [0.25, 0.3) is 10.6 Å². The number of aromatic nitrogens is 3. The number of amides is 1. The molecule has 0 aliphatic heterocycles. The minimum Gasteiger partial charge on any atom is -0.487 e. The van der Waals surface area contributed by atoms with Crippen LogP contribution in [0.15, 0.2) is 35.3 Å². The Bertz CT molecular complexity index is 1230. The molecule has 0 spiro atoms. The van der Waals surface area contributed by atoms with E-state index in [9.17, 15) is 18.8 Å². The topological polar surface area (TPSA) is 115 Å². The molecule has 2 aromatic heterocycles. The summed E-state index contributed by atoms with van der Waals surface area (Å²) in [6.07, 6.45) is 6.12. The molecule has 1 aromatic carbocycles. The van der Waals surface area contributed by atoms with Crippen molar-refractivity contribution in [2.24, 2.45) is 0 Å². The maximum Gasteiger partial charge on any atom is 0.273 e. The predicted molar refractivity (Wildman–Crippen MR) is 137 cm³/mol. The second-order valence-corrected chi connectivity index (χ2v) is 9.13. The minimum atomic E-state index is -0.458. The molecule has 1 amide bonds. The number of carbonyl (C=O) groups is 2. The van der Waals surface area contributed by atoms with Gasteiger partial charge in [-0.3, -0.25) is 14.3 Å². The van der Waals surface area contributed by atoms with Crippen molar-refractivity contribution in [3.05, 3.63) is 62.8 Å². The van der Waals surface area contributed by atoms with Gasteiger partial charge in [-0.15, -0.1) is 10.2 Å². The number of rotatable bonds is 14. The standard InChI is InChI=1S/C25H30FN5O4S/c1-3-4-14-35-23-21(24(34)28-12-6-5-7-13-32)31(27-2)16-19(22(23)33)25-30-29-20(36-25)15-17-8-10-18(26)11-9-17/h8-11,13,16,27H,3-7,12,14-15H2,1-2H3,(H,28,34). The van der Waals surface area contributed by atoms with Crippen LogP contribution in [0.5, 0.6) is 5.75 Å². The molecule has 3 aromatic rings. The maximum atomic E-state index is 13.5. The average molecular weight is 516 g/mol. The van der Waals surface area contributed by atoms with Gasteiger partial charge in [0.1, 0.15) is 17.1 Å². The first-order valence-corrected chi connectivity index (χ1v) is 12.7.